The minimum atomic E-state index is -0.297. The number of amides is 2. The molecule has 4 heteroatoms. The molecule has 118 valence electrons. The number of hydrogen-bond donors (Lipinski definition) is 1. The quantitative estimate of drug-likeness (QED) is 0.933. The summed E-state index contributed by atoms with van der Waals surface area (Å²) in [6.45, 7) is 2.68. The van der Waals surface area contributed by atoms with Crippen LogP contribution in [0.4, 0.5) is 0 Å². The molecule has 1 unspecified atom stereocenters. The average Bonchev–Trinajstić information content (AvgIpc) is 3.18. The summed E-state index contributed by atoms with van der Waals surface area (Å²) >= 11 is 0. The molecule has 1 aliphatic carbocycles. The maximum absolute atomic E-state index is 12.7. The number of hydrogen-bond acceptors (Lipinski definition) is 2. The number of nitrogens with zero attached hydrogens (tertiary/aromatic N) is 1. The van der Waals surface area contributed by atoms with Gasteiger partial charge < -0.3 is 10.2 Å². The van der Waals surface area contributed by atoms with Crippen molar-refractivity contribution in [1.29, 1.82) is 0 Å². The van der Waals surface area contributed by atoms with Gasteiger partial charge in [0.2, 0.25) is 5.91 Å². The molecule has 3 rings (SSSR count). The van der Waals surface area contributed by atoms with Gasteiger partial charge in [-0.05, 0) is 44.7 Å². The van der Waals surface area contributed by atoms with Gasteiger partial charge in [-0.15, -0.1) is 0 Å². The third-order valence-electron chi connectivity index (χ3n) is 4.82. The predicted octanol–water partition coefficient (Wildman–Crippen LogP) is 2.66. The molecule has 1 atom stereocenters. The molecule has 2 amide bonds. The Morgan fingerprint density at radius 2 is 1.73 bits per heavy atom. The number of carbonyl (C=O) groups excluding carboxylic acids is 2. The van der Waals surface area contributed by atoms with E-state index in [0.717, 1.165) is 31.2 Å². The van der Waals surface area contributed by atoms with Crippen LogP contribution in [0.15, 0.2) is 24.3 Å². The summed E-state index contributed by atoms with van der Waals surface area (Å²) in [5.74, 6) is 0.00827. The number of rotatable bonds is 3. The summed E-state index contributed by atoms with van der Waals surface area (Å²) in [5.41, 5.74) is 1.81. The standard InChI is InChI=1S/C18H24N2O2/c1-13-8-10-14(11-9-13)18(22)20-12-4-7-16(20)17(21)19-15-5-2-3-6-15/h8-11,15-16H,2-7,12H2,1H3,(H,19,21). The molecule has 1 N–H and O–H groups in total. The highest BCUT2D eigenvalue weighted by Crippen LogP contribution is 2.23. The van der Waals surface area contributed by atoms with E-state index in [2.05, 4.69) is 5.32 Å². The van der Waals surface area contributed by atoms with Crippen molar-refractivity contribution in [2.45, 2.75) is 57.5 Å². The highest BCUT2D eigenvalue weighted by atomic mass is 16.2. The molecule has 4 nitrogen and oxygen atoms in total. The number of aryl methyl sites for hydroxylation is 1. The van der Waals surface area contributed by atoms with Crippen LogP contribution in [-0.4, -0.2) is 35.3 Å². The zero-order valence-corrected chi connectivity index (χ0v) is 13.2. The van der Waals surface area contributed by atoms with E-state index in [1.165, 1.54) is 12.8 Å². The van der Waals surface area contributed by atoms with Gasteiger partial charge in [-0.2, -0.15) is 0 Å². The summed E-state index contributed by atoms with van der Waals surface area (Å²) < 4.78 is 0. The van der Waals surface area contributed by atoms with Crippen LogP contribution < -0.4 is 5.32 Å². The lowest BCUT2D eigenvalue weighted by atomic mass is 10.1. The molecule has 2 aliphatic rings. The fourth-order valence-electron chi connectivity index (χ4n) is 3.51. The number of likely N-dealkylation sites (tertiary alicyclic amines) is 1. The van der Waals surface area contributed by atoms with Crippen molar-refractivity contribution in [3.8, 4) is 0 Å². The van der Waals surface area contributed by atoms with E-state index in [9.17, 15) is 9.59 Å². The fourth-order valence-corrected chi connectivity index (χ4v) is 3.51. The number of benzene rings is 1. The fraction of sp³-hybridized carbons (Fsp3) is 0.556. The van der Waals surface area contributed by atoms with Crippen LogP contribution in [0.5, 0.6) is 0 Å². The second kappa shape index (κ2) is 6.51. The highest BCUT2D eigenvalue weighted by Gasteiger charge is 2.35. The summed E-state index contributed by atoms with van der Waals surface area (Å²) in [5, 5.41) is 3.13. The van der Waals surface area contributed by atoms with Gasteiger partial charge in [-0.3, -0.25) is 9.59 Å². The summed E-state index contributed by atoms with van der Waals surface area (Å²) in [6, 6.07) is 7.59. The first-order valence-corrected chi connectivity index (χ1v) is 8.33. The Balaban J connectivity index is 1.67. The van der Waals surface area contributed by atoms with Gasteiger partial charge >= 0.3 is 0 Å². The smallest absolute Gasteiger partial charge is 0.254 e. The Hall–Kier alpha value is -1.84. The summed E-state index contributed by atoms with van der Waals surface area (Å²) in [6.07, 6.45) is 6.22. The van der Waals surface area contributed by atoms with E-state index in [4.69, 9.17) is 0 Å². The van der Waals surface area contributed by atoms with E-state index in [-0.39, 0.29) is 17.9 Å². The third kappa shape index (κ3) is 3.16. The summed E-state index contributed by atoms with van der Waals surface area (Å²) in [7, 11) is 0. The molecule has 1 aromatic carbocycles. The zero-order valence-electron chi connectivity index (χ0n) is 13.2. The summed E-state index contributed by atoms with van der Waals surface area (Å²) in [4.78, 5) is 26.9. The van der Waals surface area contributed by atoms with Crippen molar-refractivity contribution in [3.63, 3.8) is 0 Å². The van der Waals surface area contributed by atoms with Crippen LogP contribution in [0.1, 0.15) is 54.4 Å². The van der Waals surface area contributed by atoms with Crippen LogP contribution in [-0.2, 0) is 4.79 Å². The molecular weight excluding hydrogens is 276 g/mol. The van der Waals surface area contributed by atoms with Gasteiger partial charge in [0.05, 0.1) is 0 Å². The monoisotopic (exact) mass is 300 g/mol. The lowest BCUT2D eigenvalue weighted by molar-refractivity contribution is -0.125. The second-order valence-corrected chi connectivity index (χ2v) is 6.51. The minimum absolute atomic E-state index is 0.0240. The first kappa shape index (κ1) is 15.1. The molecule has 0 bridgehead atoms. The van der Waals surface area contributed by atoms with E-state index < -0.39 is 0 Å². The first-order valence-electron chi connectivity index (χ1n) is 8.33. The third-order valence-corrected chi connectivity index (χ3v) is 4.82. The Labute approximate surface area is 131 Å². The van der Waals surface area contributed by atoms with Crippen LogP contribution in [0.2, 0.25) is 0 Å². The van der Waals surface area contributed by atoms with Crippen molar-refractivity contribution in [2.75, 3.05) is 6.54 Å². The van der Waals surface area contributed by atoms with Crippen molar-refractivity contribution in [2.24, 2.45) is 0 Å². The van der Waals surface area contributed by atoms with Gasteiger partial charge in [0.15, 0.2) is 0 Å². The molecule has 1 saturated carbocycles. The molecule has 0 aromatic heterocycles. The molecule has 0 radical (unpaired) electrons. The molecule has 1 heterocycles. The van der Waals surface area contributed by atoms with Gasteiger partial charge in [0.1, 0.15) is 6.04 Å². The van der Waals surface area contributed by atoms with E-state index in [0.29, 0.717) is 18.2 Å². The number of nitrogens with one attached hydrogen (secondary N) is 1. The second-order valence-electron chi connectivity index (χ2n) is 6.51. The van der Waals surface area contributed by atoms with Crippen molar-refractivity contribution >= 4 is 11.8 Å². The lowest BCUT2D eigenvalue weighted by Crippen LogP contribution is -2.48. The van der Waals surface area contributed by atoms with Gasteiger partial charge in [-0.25, -0.2) is 0 Å². The SMILES string of the molecule is Cc1ccc(C(=O)N2CCCC2C(=O)NC2CCCC2)cc1. The normalized spacial score (nSPS) is 22.0. The highest BCUT2D eigenvalue weighted by molar-refractivity contribution is 5.98. The predicted molar refractivity (Wildman–Crippen MR) is 85.6 cm³/mol. The Bertz CT molecular complexity index is 547. The van der Waals surface area contributed by atoms with Gasteiger partial charge in [0.25, 0.3) is 5.91 Å². The Morgan fingerprint density at radius 1 is 1.05 bits per heavy atom. The molecule has 22 heavy (non-hydrogen) atoms. The molecule has 2 fully saturated rings. The largest absolute Gasteiger partial charge is 0.352 e. The van der Waals surface area contributed by atoms with E-state index >= 15 is 0 Å². The van der Waals surface area contributed by atoms with E-state index in [1.807, 2.05) is 31.2 Å². The van der Waals surface area contributed by atoms with Crippen LogP contribution in [0.25, 0.3) is 0 Å². The molecule has 1 saturated heterocycles. The average molecular weight is 300 g/mol. The Morgan fingerprint density at radius 3 is 2.41 bits per heavy atom. The zero-order chi connectivity index (χ0) is 15.5. The molecule has 1 aromatic rings. The number of carbonyl (C=O) groups is 2. The Kier molecular flexibility index (Phi) is 4.46. The van der Waals surface area contributed by atoms with Crippen molar-refractivity contribution in [3.05, 3.63) is 35.4 Å². The maximum atomic E-state index is 12.7. The van der Waals surface area contributed by atoms with Gasteiger partial charge in [0, 0.05) is 18.2 Å². The van der Waals surface area contributed by atoms with E-state index in [1.54, 1.807) is 4.90 Å². The van der Waals surface area contributed by atoms with Crippen LogP contribution in [0, 0.1) is 6.92 Å². The lowest BCUT2D eigenvalue weighted by Gasteiger charge is -2.25. The maximum Gasteiger partial charge on any atom is 0.254 e. The van der Waals surface area contributed by atoms with Gasteiger partial charge in [-0.1, -0.05) is 30.5 Å². The van der Waals surface area contributed by atoms with Crippen LogP contribution >= 0.6 is 0 Å². The topological polar surface area (TPSA) is 49.4 Å². The molecule has 1 aliphatic heterocycles. The molecule has 0 spiro atoms. The first-order chi connectivity index (χ1) is 10.6. The minimum Gasteiger partial charge on any atom is -0.352 e. The molecular formula is C18H24N2O2. The van der Waals surface area contributed by atoms with Crippen molar-refractivity contribution in [1.82, 2.24) is 10.2 Å². The van der Waals surface area contributed by atoms with Crippen molar-refractivity contribution < 1.29 is 9.59 Å². The van der Waals surface area contributed by atoms with Crippen LogP contribution in [0.3, 0.4) is 0 Å².